The van der Waals surface area contributed by atoms with Gasteiger partial charge in [-0.3, -0.25) is 0 Å². The van der Waals surface area contributed by atoms with Gasteiger partial charge < -0.3 is 9.84 Å². The van der Waals surface area contributed by atoms with E-state index in [2.05, 4.69) is 4.72 Å². The molecule has 0 aromatic heterocycles. The fraction of sp³-hybridized carbons (Fsp3) is 1.00. The van der Waals surface area contributed by atoms with Crippen molar-refractivity contribution in [1.82, 2.24) is 4.72 Å². The summed E-state index contributed by atoms with van der Waals surface area (Å²) in [5.74, 6) is 0.0157. The number of aliphatic hydroxyl groups is 1. The lowest BCUT2D eigenvalue weighted by atomic mass is 10.2. The molecule has 0 amide bonds. The summed E-state index contributed by atoms with van der Waals surface area (Å²) in [6.45, 7) is 4.66. The van der Waals surface area contributed by atoms with Gasteiger partial charge in [0.15, 0.2) is 0 Å². The fourth-order valence-electron chi connectivity index (χ4n) is 1.28. The quantitative estimate of drug-likeness (QED) is 0.545. The van der Waals surface area contributed by atoms with E-state index in [0.717, 1.165) is 25.7 Å². The Bertz CT molecular complexity index is 265. The molecule has 0 atom stereocenters. The maximum Gasteiger partial charge on any atom is 0.213 e. The Labute approximate surface area is 105 Å². The molecule has 0 radical (unpaired) electrons. The molecule has 0 heterocycles. The molecule has 17 heavy (non-hydrogen) atoms. The first-order valence-electron chi connectivity index (χ1n) is 6.17. The van der Waals surface area contributed by atoms with Gasteiger partial charge in [0, 0.05) is 13.2 Å². The highest BCUT2D eigenvalue weighted by atomic mass is 32.2. The van der Waals surface area contributed by atoms with Crippen molar-refractivity contribution in [1.29, 1.82) is 0 Å². The van der Waals surface area contributed by atoms with E-state index < -0.39 is 10.0 Å². The molecule has 0 saturated heterocycles. The van der Waals surface area contributed by atoms with Crippen molar-refractivity contribution < 1.29 is 18.3 Å². The monoisotopic (exact) mass is 267 g/mol. The summed E-state index contributed by atoms with van der Waals surface area (Å²) in [5, 5.41) is 8.57. The topological polar surface area (TPSA) is 75.6 Å². The van der Waals surface area contributed by atoms with Crippen molar-refractivity contribution in [3.8, 4) is 0 Å². The summed E-state index contributed by atoms with van der Waals surface area (Å²) < 4.78 is 30.7. The first-order valence-corrected chi connectivity index (χ1v) is 7.83. The van der Waals surface area contributed by atoms with E-state index in [-0.39, 0.29) is 25.1 Å². The van der Waals surface area contributed by atoms with Crippen molar-refractivity contribution in [3.05, 3.63) is 0 Å². The van der Waals surface area contributed by atoms with Gasteiger partial charge in [0.1, 0.15) is 0 Å². The van der Waals surface area contributed by atoms with E-state index in [4.69, 9.17) is 9.84 Å². The second-order valence-corrected chi connectivity index (χ2v) is 6.20. The molecule has 0 rings (SSSR count). The molecule has 0 aliphatic carbocycles. The summed E-state index contributed by atoms with van der Waals surface area (Å²) in [7, 11) is -3.19. The molecule has 0 aliphatic heterocycles. The van der Waals surface area contributed by atoms with Crippen molar-refractivity contribution in [2.45, 2.75) is 45.6 Å². The van der Waals surface area contributed by atoms with Crippen molar-refractivity contribution in [2.75, 3.05) is 25.5 Å². The number of hydrogen-bond acceptors (Lipinski definition) is 4. The lowest BCUT2D eigenvalue weighted by Crippen LogP contribution is -2.29. The highest BCUT2D eigenvalue weighted by Gasteiger charge is 2.09. The van der Waals surface area contributed by atoms with Crippen LogP contribution in [0.4, 0.5) is 0 Å². The molecule has 0 saturated carbocycles. The summed E-state index contributed by atoms with van der Waals surface area (Å²) in [5.41, 5.74) is 0. The molecule has 0 aromatic rings. The Kier molecular flexibility index (Phi) is 9.72. The van der Waals surface area contributed by atoms with Crippen molar-refractivity contribution in [2.24, 2.45) is 0 Å². The average Bonchev–Trinajstić information content (AvgIpc) is 2.22. The molecule has 0 aromatic carbocycles. The van der Waals surface area contributed by atoms with Gasteiger partial charge in [0.05, 0.1) is 18.5 Å². The van der Waals surface area contributed by atoms with Gasteiger partial charge in [-0.1, -0.05) is 12.8 Å². The van der Waals surface area contributed by atoms with Gasteiger partial charge >= 0.3 is 0 Å². The Morgan fingerprint density at radius 1 is 1.18 bits per heavy atom. The fourth-order valence-corrected chi connectivity index (χ4v) is 2.20. The Morgan fingerprint density at radius 2 is 1.82 bits per heavy atom. The third-order valence-electron chi connectivity index (χ3n) is 2.21. The van der Waals surface area contributed by atoms with Gasteiger partial charge in [-0.15, -0.1) is 0 Å². The van der Waals surface area contributed by atoms with Crippen LogP contribution in [0, 0.1) is 0 Å². The first-order chi connectivity index (χ1) is 7.98. The summed E-state index contributed by atoms with van der Waals surface area (Å²) in [4.78, 5) is 0. The number of nitrogens with one attached hydrogen (secondary N) is 1. The summed E-state index contributed by atoms with van der Waals surface area (Å²) in [6.07, 6.45) is 3.53. The zero-order chi connectivity index (χ0) is 13.1. The Morgan fingerprint density at radius 3 is 2.41 bits per heavy atom. The van der Waals surface area contributed by atoms with E-state index in [1.165, 1.54) is 0 Å². The van der Waals surface area contributed by atoms with Gasteiger partial charge in [0.2, 0.25) is 10.0 Å². The predicted molar refractivity (Wildman–Crippen MR) is 68.4 cm³/mol. The molecule has 0 bridgehead atoms. The number of unbranched alkanes of at least 4 members (excludes halogenated alkanes) is 3. The third kappa shape index (κ3) is 12.1. The molecular formula is C11H25NO4S. The summed E-state index contributed by atoms with van der Waals surface area (Å²) >= 11 is 0. The number of rotatable bonds is 11. The van der Waals surface area contributed by atoms with Crippen LogP contribution in [-0.4, -0.2) is 45.1 Å². The molecule has 2 N–H and O–H groups in total. The van der Waals surface area contributed by atoms with Crippen LogP contribution >= 0.6 is 0 Å². The second kappa shape index (κ2) is 9.82. The van der Waals surface area contributed by atoms with Crippen LogP contribution in [0.15, 0.2) is 0 Å². The zero-order valence-electron chi connectivity index (χ0n) is 10.8. The third-order valence-corrected chi connectivity index (χ3v) is 3.56. The van der Waals surface area contributed by atoms with Crippen LogP contribution in [0.1, 0.15) is 39.5 Å². The Hall–Kier alpha value is -0.170. The number of hydrogen-bond donors (Lipinski definition) is 2. The molecular weight excluding hydrogens is 242 g/mol. The van der Waals surface area contributed by atoms with E-state index in [1.807, 2.05) is 13.8 Å². The molecule has 0 unspecified atom stereocenters. The minimum Gasteiger partial charge on any atom is -0.396 e. The maximum absolute atomic E-state index is 11.5. The number of sulfonamides is 1. The molecule has 0 aliphatic rings. The van der Waals surface area contributed by atoms with Gasteiger partial charge in [-0.25, -0.2) is 13.1 Å². The lowest BCUT2D eigenvalue weighted by molar-refractivity contribution is 0.0911. The minimum atomic E-state index is -3.19. The molecule has 5 nitrogen and oxygen atoms in total. The first kappa shape index (κ1) is 16.8. The molecule has 0 fully saturated rings. The predicted octanol–water partition coefficient (Wildman–Crippen LogP) is 0.883. The molecule has 6 heteroatoms. The van der Waals surface area contributed by atoms with Crippen LogP contribution < -0.4 is 4.72 Å². The smallest absolute Gasteiger partial charge is 0.213 e. The van der Waals surface area contributed by atoms with Gasteiger partial charge in [-0.05, 0) is 26.7 Å². The normalized spacial score (nSPS) is 12.2. The van der Waals surface area contributed by atoms with Crippen molar-refractivity contribution >= 4 is 10.0 Å². The summed E-state index contributed by atoms with van der Waals surface area (Å²) in [6, 6.07) is 0. The standard InChI is InChI=1S/C11H25NO4S/c1-11(2)16-9-10-17(14,15)12-7-5-3-4-6-8-13/h11-13H,3-10H2,1-2H3. The van der Waals surface area contributed by atoms with Crippen LogP contribution in [-0.2, 0) is 14.8 Å². The van der Waals surface area contributed by atoms with E-state index in [9.17, 15) is 8.42 Å². The highest BCUT2D eigenvalue weighted by Crippen LogP contribution is 1.98. The maximum atomic E-state index is 11.5. The lowest BCUT2D eigenvalue weighted by Gasteiger charge is -2.09. The SMILES string of the molecule is CC(C)OCCS(=O)(=O)NCCCCCCO. The van der Waals surface area contributed by atoms with Crippen molar-refractivity contribution in [3.63, 3.8) is 0 Å². The average molecular weight is 267 g/mol. The van der Waals surface area contributed by atoms with Crippen LogP contribution in [0.3, 0.4) is 0 Å². The van der Waals surface area contributed by atoms with Gasteiger partial charge in [-0.2, -0.15) is 0 Å². The number of ether oxygens (including phenoxy) is 1. The van der Waals surface area contributed by atoms with Gasteiger partial charge in [0.25, 0.3) is 0 Å². The molecule has 104 valence electrons. The Balaban J connectivity index is 3.51. The van der Waals surface area contributed by atoms with Crippen LogP contribution in [0.2, 0.25) is 0 Å². The molecule has 0 spiro atoms. The minimum absolute atomic E-state index is 0.0157. The van der Waals surface area contributed by atoms with Crippen LogP contribution in [0.25, 0.3) is 0 Å². The van der Waals surface area contributed by atoms with E-state index in [0.29, 0.717) is 6.54 Å². The largest absolute Gasteiger partial charge is 0.396 e. The van der Waals surface area contributed by atoms with Crippen LogP contribution in [0.5, 0.6) is 0 Å². The highest BCUT2D eigenvalue weighted by molar-refractivity contribution is 7.89. The number of aliphatic hydroxyl groups excluding tert-OH is 1. The second-order valence-electron chi connectivity index (χ2n) is 4.27. The van der Waals surface area contributed by atoms with E-state index >= 15 is 0 Å². The van der Waals surface area contributed by atoms with E-state index in [1.54, 1.807) is 0 Å². The zero-order valence-corrected chi connectivity index (χ0v) is 11.6.